The lowest BCUT2D eigenvalue weighted by molar-refractivity contribution is -0.136. The molecule has 0 bridgehead atoms. The molecule has 7 nitrogen and oxygen atoms in total. The van der Waals surface area contributed by atoms with Crippen LogP contribution in [0.15, 0.2) is 12.2 Å². The lowest BCUT2D eigenvalue weighted by atomic mass is 10.5. The summed E-state index contributed by atoms with van der Waals surface area (Å²) in [5.74, 6) is -3.26. The Morgan fingerprint density at radius 1 is 0.941 bits per heavy atom. The largest absolute Gasteiger partial charge is 0.481 e. The lowest BCUT2D eigenvalue weighted by Gasteiger charge is -1.90. The first-order chi connectivity index (χ1) is 7.63. The summed E-state index contributed by atoms with van der Waals surface area (Å²) in [5, 5.41) is 23.3. The Balaban J connectivity index is -0.000000188. The summed E-state index contributed by atoms with van der Waals surface area (Å²) in [6.45, 7) is 1.60. The molecule has 0 saturated heterocycles. The third-order valence-electron chi connectivity index (χ3n) is 0.671. The molecular weight excluding hydrogens is 230 g/mol. The summed E-state index contributed by atoms with van der Waals surface area (Å²) >= 11 is 0. The van der Waals surface area contributed by atoms with E-state index < -0.39 is 17.9 Å². The van der Waals surface area contributed by atoms with Gasteiger partial charge < -0.3 is 20.2 Å². The molecule has 0 saturated carbocycles. The van der Waals surface area contributed by atoms with Crippen LogP contribution < -0.4 is 0 Å². The third kappa shape index (κ3) is 79.2. The van der Waals surface area contributed by atoms with Crippen molar-refractivity contribution in [1.82, 2.24) is 4.90 Å². The highest BCUT2D eigenvalue weighted by Gasteiger charge is 1.88. The maximum Gasteiger partial charge on any atom is 0.328 e. The summed E-state index contributed by atoms with van der Waals surface area (Å²) in [4.78, 5) is 30.5. The fraction of sp³-hybridized carbons (Fsp3) is 0.500. The van der Waals surface area contributed by atoms with E-state index in [1.807, 2.05) is 26.0 Å². The standard InChI is InChI=1S/C4H4O4.C3H9N.C3H6O2/c5-3(6)1-2-4(7)8;1-4(2)3;1-2-3(4)5/h1-2H,(H,5,6)(H,7,8);1-3H3;2H2,1H3,(H,4,5)/b2-1+;;. The summed E-state index contributed by atoms with van der Waals surface area (Å²) < 4.78 is 0. The average molecular weight is 249 g/mol. The average Bonchev–Trinajstić information content (AvgIpc) is 2.14. The minimum absolute atomic E-state index is 0.222. The monoisotopic (exact) mass is 249 g/mol. The van der Waals surface area contributed by atoms with Gasteiger partial charge in [-0.3, -0.25) is 4.79 Å². The summed E-state index contributed by atoms with van der Waals surface area (Å²) in [5.41, 5.74) is 0. The van der Waals surface area contributed by atoms with E-state index in [4.69, 9.17) is 15.3 Å². The molecule has 0 heterocycles. The number of hydrogen-bond acceptors (Lipinski definition) is 4. The molecule has 0 aromatic carbocycles. The molecule has 17 heavy (non-hydrogen) atoms. The van der Waals surface area contributed by atoms with Crippen LogP contribution in [0.25, 0.3) is 0 Å². The molecule has 3 N–H and O–H groups in total. The zero-order valence-corrected chi connectivity index (χ0v) is 10.4. The first-order valence-corrected chi connectivity index (χ1v) is 4.60. The van der Waals surface area contributed by atoms with Crippen molar-refractivity contribution in [2.75, 3.05) is 21.1 Å². The van der Waals surface area contributed by atoms with Crippen molar-refractivity contribution in [3.63, 3.8) is 0 Å². The second-order valence-corrected chi connectivity index (χ2v) is 3.10. The molecule has 0 fully saturated rings. The summed E-state index contributed by atoms with van der Waals surface area (Å²) in [6, 6.07) is 0. The van der Waals surface area contributed by atoms with Crippen LogP contribution in [0.1, 0.15) is 13.3 Å². The number of carboxylic acids is 3. The van der Waals surface area contributed by atoms with Gasteiger partial charge in [-0.05, 0) is 21.1 Å². The molecule has 0 aliphatic heterocycles. The van der Waals surface area contributed by atoms with E-state index in [1.54, 1.807) is 6.92 Å². The Bertz CT molecular complexity index is 241. The van der Waals surface area contributed by atoms with Crippen molar-refractivity contribution in [2.45, 2.75) is 13.3 Å². The molecule has 0 rings (SSSR count). The topological polar surface area (TPSA) is 115 Å². The normalized spacial score (nSPS) is 8.76. The highest BCUT2D eigenvalue weighted by atomic mass is 16.4. The zero-order valence-electron chi connectivity index (χ0n) is 10.4. The van der Waals surface area contributed by atoms with Gasteiger partial charge in [-0.25, -0.2) is 9.59 Å². The molecular formula is C10H19NO6. The molecule has 0 aliphatic carbocycles. The van der Waals surface area contributed by atoms with Crippen LogP contribution in [0, 0.1) is 0 Å². The van der Waals surface area contributed by atoms with Crippen LogP contribution in [-0.4, -0.2) is 59.3 Å². The summed E-state index contributed by atoms with van der Waals surface area (Å²) in [7, 11) is 6.00. The van der Waals surface area contributed by atoms with Crippen molar-refractivity contribution in [3.8, 4) is 0 Å². The van der Waals surface area contributed by atoms with Crippen LogP contribution in [0.4, 0.5) is 0 Å². The number of nitrogens with zero attached hydrogens (tertiary/aromatic N) is 1. The van der Waals surface area contributed by atoms with Crippen LogP contribution in [0.5, 0.6) is 0 Å². The minimum Gasteiger partial charge on any atom is -0.481 e. The molecule has 0 radical (unpaired) electrons. The van der Waals surface area contributed by atoms with Gasteiger partial charge in [0.1, 0.15) is 0 Å². The minimum atomic E-state index is -1.26. The SMILES string of the molecule is CCC(=O)O.CN(C)C.O=C(O)/C=C/C(=O)O. The van der Waals surface area contributed by atoms with Crippen LogP contribution in [0.2, 0.25) is 0 Å². The predicted octanol–water partition coefficient (Wildman–Crippen LogP) is 0.371. The van der Waals surface area contributed by atoms with Crippen molar-refractivity contribution in [1.29, 1.82) is 0 Å². The molecule has 0 aliphatic rings. The van der Waals surface area contributed by atoms with E-state index >= 15 is 0 Å². The number of carbonyl (C=O) groups is 3. The fourth-order valence-electron chi connectivity index (χ4n) is 0.143. The maximum atomic E-state index is 9.55. The van der Waals surface area contributed by atoms with Crippen LogP contribution >= 0.6 is 0 Å². The zero-order chi connectivity index (χ0) is 14.4. The molecule has 0 aromatic heterocycles. The van der Waals surface area contributed by atoms with Gasteiger partial charge in [-0.1, -0.05) is 6.92 Å². The second kappa shape index (κ2) is 14.1. The molecule has 0 spiro atoms. The van der Waals surface area contributed by atoms with Gasteiger partial charge in [0, 0.05) is 18.6 Å². The quantitative estimate of drug-likeness (QED) is 0.619. The Morgan fingerprint density at radius 3 is 1.18 bits per heavy atom. The van der Waals surface area contributed by atoms with Crippen LogP contribution in [0.3, 0.4) is 0 Å². The molecule has 7 heteroatoms. The molecule has 0 aromatic rings. The van der Waals surface area contributed by atoms with E-state index in [1.165, 1.54) is 0 Å². The van der Waals surface area contributed by atoms with E-state index in [9.17, 15) is 14.4 Å². The first-order valence-electron chi connectivity index (χ1n) is 4.60. The Kier molecular flexibility index (Phi) is 17.0. The van der Waals surface area contributed by atoms with E-state index in [2.05, 4.69) is 0 Å². The highest BCUT2D eigenvalue weighted by molar-refractivity contribution is 5.89. The van der Waals surface area contributed by atoms with Gasteiger partial charge in [0.25, 0.3) is 0 Å². The number of aliphatic carboxylic acids is 3. The number of hydrogen-bond donors (Lipinski definition) is 3. The van der Waals surface area contributed by atoms with E-state index in [0.717, 1.165) is 0 Å². The summed E-state index contributed by atoms with van der Waals surface area (Å²) in [6.07, 6.45) is 1.34. The smallest absolute Gasteiger partial charge is 0.328 e. The molecule has 100 valence electrons. The second-order valence-electron chi connectivity index (χ2n) is 3.10. The highest BCUT2D eigenvalue weighted by Crippen LogP contribution is 1.70. The van der Waals surface area contributed by atoms with Gasteiger partial charge in [-0.2, -0.15) is 0 Å². The van der Waals surface area contributed by atoms with E-state index in [-0.39, 0.29) is 6.42 Å². The number of rotatable bonds is 3. The molecule has 0 amide bonds. The van der Waals surface area contributed by atoms with Crippen molar-refractivity contribution in [3.05, 3.63) is 12.2 Å². The Morgan fingerprint density at radius 2 is 1.12 bits per heavy atom. The lowest BCUT2D eigenvalue weighted by Crippen LogP contribution is -1.99. The Labute approximate surface area is 100.0 Å². The first kappa shape index (κ1) is 20.5. The fourth-order valence-corrected chi connectivity index (χ4v) is 0.143. The van der Waals surface area contributed by atoms with Gasteiger partial charge in [-0.15, -0.1) is 0 Å². The van der Waals surface area contributed by atoms with Crippen molar-refractivity contribution >= 4 is 17.9 Å². The third-order valence-corrected chi connectivity index (χ3v) is 0.671. The van der Waals surface area contributed by atoms with Gasteiger partial charge in [0.05, 0.1) is 0 Å². The molecule has 0 unspecified atom stereocenters. The number of carboxylic acid groups (broad SMARTS) is 3. The van der Waals surface area contributed by atoms with E-state index in [0.29, 0.717) is 12.2 Å². The van der Waals surface area contributed by atoms with Crippen molar-refractivity contribution in [2.24, 2.45) is 0 Å². The van der Waals surface area contributed by atoms with Crippen molar-refractivity contribution < 1.29 is 29.7 Å². The van der Waals surface area contributed by atoms with Gasteiger partial charge >= 0.3 is 17.9 Å². The van der Waals surface area contributed by atoms with Gasteiger partial charge in [0.15, 0.2) is 0 Å². The van der Waals surface area contributed by atoms with Crippen LogP contribution in [-0.2, 0) is 14.4 Å². The van der Waals surface area contributed by atoms with Gasteiger partial charge in [0.2, 0.25) is 0 Å². The Hall–Kier alpha value is -1.89. The maximum absolute atomic E-state index is 9.55. The molecule has 0 atom stereocenters. The predicted molar refractivity (Wildman–Crippen MR) is 61.9 cm³/mol.